The van der Waals surface area contributed by atoms with E-state index in [1.807, 2.05) is 24.3 Å². The molecule has 2 bridgehead atoms. The first-order chi connectivity index (χ1) is 13.6. The lowest BCUT2D eigenvalue weighted by molar-refractivity contribution is -0.144. The second-order valence-corrected chi connectivity index (χ2v) is 7.69. The maximum Gasteiger partial charge on any atom is 0.409 e. The van der Waals surface area contributed by atoms with Crippen molar-refractivity contribution in [2.75, 3.05) is 19.7 Å². The van der Waals surface area contributed by atoms with Gasteiger partial charge in [0.1, 0.15) is 6.61 Å². The van der Waals surface area contributed by atoms with Crippen LogP contribution in [-0.2, 0) is 14.3 Å². The first-order valence-electron chi connectivity index (χ1n) is 9.60. The maximum absolute atomic E-state index is 12.7. The van der Waals surface area contributed by atoms with Crippen LogP contribution < -0.4 is 0 Å². The molecule has 0 aromatic heterocycles. The van der Waals surface area contributed by atoms with E-state index in [9.17, 15) is 14.7 Å². The Labute approximate surface area is 162 Å². The van der Waals surface area contributed by atoms with Crippen LogP contribution in [0.4, 0.5) is 4.79 Å². The van der Waals surface area contributed by atoms with Crippen LogP contribution in [0, 0.1) is 5.92 Å². The molecular formula is C22H21NO5. The number of carbonyl (C=O) groups is 2. The van der Waals surface area contributed by atoms with E-state index in [0.717, 1.165) is 0 Å². The van der Waals surface area contributed by atoms with E-state index < -0.39 is 24.1 Å². The molecule has 6 heteroatoms. The summed E-state index contributed by atoms with van der Waals surface area (Å²) in [6, 6.07) is 16.4. The van der Waals surface area contributed by atoms with Crippen molar-refractivity contribution in [3.8, 4) is 11.1 Å². The Morgan fingerprint density at radius 1 is 1.04 bits per heavy atom. The molecule has 6 nitrogen and oxygen atoms in total. The maximum atomic E-state index is 12.7. The quantitative estimate of drug-likeness (QED) is 0.887. The number of aliphatic carboxylic acids is 1. The Bertz CT molecular complexity index is 897. The molecule has 1 amide bonds. The smallest absolute Gasteiger partial charge is 0.409 e. The molecular weight excluding hydrogens is 358 g/mol. The van der Waals surface area contributed by atoms with Crippen molar-refractivity contribution in [3.63, 3.8) is 0 Å². The molecule has 2 fully saturated rings. The molecule has 2 saturated heterocycles. The topological polar surface area (TPSA) is 76.1 Å². The number of rotatable bonds is 3. The molecule has 0 saturated carbocycles. The van der Waals surface area contributed by atoms with Gasteiger partial charge in [-0.05, 0) is 28.7 Å². The summed E-state index contributed by atoms with van der Waals surface area (Å²) in [5.41, 5.74) is 4.72. The van der Waals surface area contributed by atoms with Gasteiger partial charge in [0.25, 0.3) is 0 Å². The monoisotopic (exact) mass is 379 g/mol. The number of ether oxygens (including phenoxy) is 2. The number of nitrogens with zero attached hydrogens (tertiary/aromatic N) is 1. The van der Waals surface area contributed by atoms with Gasteiger partial charge in [-0.1, -0.05) is 48.5 Å². The zero-order chi connectivity index (χ0) is 19.3. The van der Waals surface area contributed by atoms with Gasteiger partial charge < -0.3 is 19.5 Å². The van der Waals surface area contributed by atoms with Gasteiger partial charge in [-0.25, -0.2) is 4.79 Å². The second-order valence-electron chi connectivity index (χ2n) is 7.69. The van der Waals surface area contributed by atoms with Crippen molar-refractivity contribution >= 4 is 12.1 Å². The minimum atomic E-state index is -0.859. The molecule has 2 heterocycles. The van der Waals surface area contributed by atoms with Crippen LogP contribution >= 0.6 is 0 Å². The van der Waals surface area contributed by atoms with Crippen molar-refractivity contribution in [2.45, 2.75) is 24.5 Å². The van der Waals surface area contributed by atoms with Gasteiger partial charge in [-0.15, -0.1) is 0 Å². The third kappa shape index (κ3) is 2.76. The Hall–Kier alpha value is -2.86. The highest BCUT2D eigenvalue weighted by molar-refractivity contribution is 5.79. The van der Waals surface area contributed by atoms with Gasteiger partial charge in [-0.2, -0.15) is 0 Å². The highest BCUT2D eigenvalue weighted by Gasteiger charge is 2.46. The first kappa shape index (κ1) is 17.3. The van der Waals surface area contributed by atoms with Crippen LogP contribution in [0.25, 0.3) is 11.1 Å². The van der Waals surface area contributed by atoms with Gasteiger partial charge in [0.15, 0.2) is 0 Å². The fraction of sp³-hybridized carbons (Fsp3) is 0.364. The van der Waals surface area contributed by atoms with Gasteiger partial charge in [0.2, 0.25) is 0 Å². The molecule has 1 N–H and O–H groups in total. The average Bonchev–Trinajstić information content (AvgIpc) is 3.20. The van der Waals surface area contributed by atoms with E-state index in [0.29, 0.717) is 13.0 Å². The summed E-state index contributed by atoms with van der Waals surface area (Å²) in [6.45, 7) is 0.920. The van der Waals surface area contributed by atoms with Gasteiger partial charge in [0.05, 0.1) is 31.2 Å². The number of carboxylic acid groups (broad SMARTS) is 1. The lowest BCUT2D eigenvalue weighted by atomic mass is 9.98. The Morgan fingerprint density at radius 3 is 2.32 bits per heavy atom. The third-order valence-corrected chi connectivity index (χ3v) is 6.07. The molecule has 28 heavy (non-hydrogen) atoms. The van der Waals surface area contributed by atoms with Gasteiger partial charge in [-0.3, -0.25) is 4.79 Å². The van der Waals surface area contributed by atoms with E-state index in [2.05, 4.69) is 24.3 Å². The SMILES string of the molecule is O=C(O)C1CC2CN(C(=O)OCC3c4ccccc4-c4ccccc43)CC1O2. The highest BCUT2D eigenvalue weighted by Crippen LogP contribution is 2.44. The Morgan fingerprint density at radius 2 is 1.68 bits per heavy atom. The van der Waals surface area contributed by atoms with Crippen molar-refractivity contribution in [3.05, 3.63) is 59.7 Å². The van der Waals surface area contributed by atoms with Crippen molar-refractivity contribution in [1.29, 1.82) is 0 Å². The lowest BCUT2D eigenvalue weighted by Gasteiger charge is -2.32. The molecule has 5 rings (SSSR count). The molecule has 3 unspecified atom stereocenters. The van der Waals surface area contributed by atoms with Crippen LogP contribution in [0.15, 0.2) is 48.5 Å². The summed E-state index contributed by atoms with van der Waals surface area (Å²) in [7, 11) is 0. The number of benzene rings is 2. The third-order valence-electron chi connectivity index (χ3n) is 6.07. The zero-order valence-corrected chi connectivity index (χ0v) is 15.3. The van der Waals surface area contributed by atoms with Gasteiger partial charge in [0, 0.05) is 5.92 Å². The van der Waals surface area contributed by atoms with E-state index in [1.54, 1.807) is 4.90 Å². The molecule has 3 atom stereocenters. The largest absolute Gasteiger partial charge is 0.481 e. The molecule has 2 aromatic rings. The van der Waals surface area contributed by atoms with Crippen LogP contribution in [0.3, 0.4) is 0 Å². The number of hydrogen-bond acceptors (Lipinski definition) is 4. The molecule has 2 aliphatic heterocycles. The summed E-state index contributed by atoms with van der Waals surface area (Å²) in [5.74, 6) is -1.39. The minimum Gasteiger partial charge on any atom is -0.481 e. The summed E-state index contributed by atoms with van der Waals surface area (Å²) >= 11 is 0. The van der Waals surface area contributed by atoms with E-state index >= 15 is 0 Å². The number of likely N-dealkylation sites (tertiary alicyclic amines) is 1. The fourth-order valence-electron chi connectivity index (χ4n) is 4.75. The van der Waals surface area contributed by atoms with Gasteiger partial charge >= 0.3 is 12.1 Å². The minimum absolute atomic E-state index is 0.0147. The molecule has 1 aliphatic carbocycles. The number of carboxylic acids is 1. The molecule has 0 radical (unpaired) electrons. The molecule has 2 aromatic carbocycles. The van der Waals surface area contributed by atoms with Crippen molar-refractivity contribution < 1.29 is 24.2 Å². The summed E-state index contributed by atoms with van der Waals surface area (Å²) in [6.07, 6.45) is -0.615. The highest BCUT2D eigenvalue weighted by atomic mass is 16.6. The first-order valence-corrected chi connectivity index (χ1v) is 9.60. The summed E-state index contributed by atoms with van der Waals surface area (Å²) in [5, 5.41) is 9.30. The number of fused-ring (bicyclic) bond motifs is 5. The van der Waals surface area contributed by atoms with E-state index in [4.69, 9.17) is 9.47 Å². The summed E-state index contributed by atoms with van der Waals surface area (Å²) < 4.78 is 11.4. The molecule has 0 spiro atoms. The van der Waals surface area contributed by atoms with E-state index in [-0.39, 0.29) is 25.2 Å². The Kier molecular flexibility index (Phi) is 4.09. The predicted molar refractivity (Wildman–Crippen MR) is 101 cm³/mol. The number of amides is 1. The summed E-state index contributed by atoms with van der Waals surface area (Å²) in [4.78, 5) is 25.6. The van der Waals surface area contributed by atoms with Crippen LogP contribution in [0.5, 0.6) is 0 Å². The predicted octanol–water partition coefficient (Wildman–Crippen LogP) is 3.11. The van der Waals surface area contributed by atoms with Crippen LogP contribution in [0.2, 0.25) is 0 Å². The molecule has 3 aliphatic rings. The van der Waals surface area contributed by atoms with Crippen molar-refractivity contribution in [2.24, 2.45) is 5.92 Å². The average molecular weight is 379 g/mol. The lowest BCUT2D eigenvalue weighted by Crippen LogP contribution is -2.47. The number of hydrogen-bond donors (Lipinski definition) is 1. The number of carbonyl (C=O) groups excluding carboxylic acids is 1. The molecule has 144 valence electrons. The second kappa shape index (κ2) is 6.63. The van der Waals surface area contributed by atoms with Crippen molar-refractivity contribution in [1.82, 2.24) is 4.90 Å². The van der Waals surface area contributed by atoms with Crippen LogP contribution in [-0.4, -0.2) is 54.0 Å². The normalized spacial score (nSPS) is 25.3. The standard InChI is InChI=1S/C22H21NO5/c24-21(25)18-9-13-10-23(11-20(18)28-13)22(26)27-12-19-16-7-3-1-5-14(16)15-6-2-4-8-17(15)19/h1-8,13,18-20H,9-12H2,(H,24,25). The number of morpholine rings is 1. The van der Waals surface area contributed by atoms with Crippen LogP contribution in [0.1, 0.15) is 23.5 Å². The van der Waals surface area contributed by atoms with E-state index in [1.165, 1.54) is 22.3 Å². The Balaban J connectivity index is 1.30. The zero-order valence-electron chi connectivity index (χ0n) is 15.3. The fourth-order valence-corrected chi connectivity index (χ4v) is 4.75.